The summed E-state index contributed by atoms with van der Waals surface area (Å²) < 4.78 is 0. The van der Waals surface area contributed by atoms with Gasteiger partial charge in [0.15, 0.2) is 0 Å². The Morgan fingerprint density at radius 1 is 1.00 bits per heavy atom. The van der Waals surface area contributed by atoms with Crippen molar-refractivity contribution in [3.8, 4) is 0 Å². The van der Waals surface area contributed by atoms with Crippen LogP contribution in [0, 0.1) is 5.92 Å². The van der Waals surface area contributed by atoms with Crippen molar-refractivity contribution < 1.29 is 19.2 Å². The minimum absolute atomic E-state index is 0.0308. The van der Waals surface area contributed by atoms with E-state index in [0.29, 0.717) is 38.9 Å². The molecule has 29 heavy (non-hydrogen) atoms. The van der Waals surface area contributed by atoms with Crippen LogP contribution in [0.15, 0.2) is 24.3 Å². The number of piperidine rings is 1. The minimum atomic E-state index is -0.632. The first kappa shape index (κ1) is 19.4. The lowest BCUT2D eigenvalue weighted by atomic mass is 9.92. The third kappa shape index (κ3) is 4.26. The Morgan fingerprint density at radius 2 is 1.72 bits per heavy atom. The first-order chi connectivity index (χ1) is 14.0. The number of carbonyl (C=O) groups is 4. The highest BCUT2D eigenvalue weighted by Gasteiger charge is 2.33. The first-order valence-corrected chi connectivity index (χ1v) is 10.3. The largest absolute Gasteiger partial charge is 0.343 e. The van der Waals surface area contributed by atoms with E-state index in [1.807, 2.05) is 17.0 Å². The number of likely N-dealkylation sites (tertiary alicyclic amines) is 1. The fourth-order valence-electron chi connectivity index (χ4n) is 4.41. The Morgan fingerprint density at radius 3 is 2.41 bits per heavy atom. The smallest absolute Gasteiger partial charge is 0.322 e. The highest BCUT2D eigenvalue weighted by Crippen LogP contribution is 2.25. The van der Waals surface area contributed by atoms with Crippen molar-refractivity contribution >= 4 is 23.8 Å². The van der Waals surface area contributed by atoms with Gasteiger partial charge in [0.1, 0.15) is 6.04 Å². The van der Waals surface area contributed by atoms with E-state index in [0.717, 1.165) is 13.0 Å². The van der Waals surface area contributed by atoms with Crippen LogP contribution in [0.2, 0.25) is 0 Å². The lowest BCUT2D eigenvalue weighted by Crippen LogP contribution is -2.45. The fourth-order valence-corrected chi connectivity index (χ4v) is 4.41. The van der Waals surface area contributed by atoms with Crippen LogP contribution in [0.3, 0.4) is 0 Å². The molecule has 8 nitrogen and oxygen atoms in total. The molecule has 2 N–H and O–H groups in total. The van der Waals surface area contributed by atoms with Gasteiger partial charge in [0.05, 0.1) is 0 Å². The second kappa shape index (κ2) is 8.23. The Labute approximate surface area is 169 Å². The van der Waals surface area contributed by atoms with E-state index in [-0.39, 0.29) is 30.1 Å². The van der Waals surface area contributed by atoms with Gasteiger partial charge in [0.2, 0.25) is 11.8 Å². The van der Waals surface area contributed by atoms with Crippen LogP contribution in [0.5, 0.6) is 0 Å². The van der Waals surface area contributed by atoms with Crippen LogP contribution in [-0.4, -0.2) is 59.2 Å². The Kier molecular flexibility index (Phi) is 5.51. The Bertz CT molecular complexity index is 832. The van der Waals surface area contributed by atoms with E-state index in [9.17, 15) is 19.2 Å². The maximum atomic E-state index is 12.9. The fraction of sp³-hybridized carbons (Fsp3) is 0.524. The molecule has 0 bridgehead atoms. The zero-order valence-electron chi connectivity index (χ0n) is 16.4. The van der Waals surface area contributed by atoms with Gasteiger partial charge in [0.25, 0.3) is 5.91 Å². The van der Waals surface area contributed by atoms with Gasteiger partial charge in [-0.2, -0.15) is 0 Å². The van der Waals surface area contributed by atoms with Crippen molar-refractivity contribution in [2.24, 2.45) is 5.92 Å². The summed E-state index contributed by atoms with van der Waals surface area (Å²) in [4.78, 5) is 51.8. The zero-order chi connectivity index (χ0) is 20.4. The number of hydrogen-bond acceptors (Lipinski definition) is 4. The van der Waals surface area contributed by atoms with Crippen molar-refractivity contribution in [1.29, 1.82) is 0 Å². The molecule has 5 amide bonds. The van der Waals surface area contributed by atoms with Gasteiger partial charge in [0, 0.05) is 38.5 Å². The van der Waals surface area contributed by atoms with Gasteiger partial charge in [-0.1, -0.05) is 24.3 Å². The van der Waals surface area contributed by atoms with Gasteiger partial charge < -0.3 is 15.1 Å². The summed E-state index contributed by atoms with van der Waals surface area (Å²) >= 11 is 0. The molecule has 0 radical (unpaired) electrons. The monoisotopic (exact) mass is 398 g/mol. The van der Waals surface area contributed by atoms with Crippen LogP contribution >= 0.6 is 0 Å². The lowest BCUT2D eigenvalue weighted by Gasteiger charge is -2.36. The molecule has 1 atom stereocenters. The molecule has 3 aliphatic heterocycles. The summed E-state index contributed by atoms with van der Waals surface area (Å²) in [6.45, 7) is 2.54. The van der Waals surface area contributed by atoms with Crippen molar-refractivity contribution in [2.75, 3.05) is 19.6 Å². The standard InChI is InChI=1S/C21H26N4O4/c26-18(6-5-17-19(27)23-21(29)22-17)24-10-8-15(9-11-24)20(28)25-12-7-14-3-1-2-4-16(14)13-25/h1-4,15,17H,5-13H2,(H2,22,23,27,29)/t17-/m0/s1. The molecule has 8 heteroatoms. The number of rotatable bonds is 4. The number of fused-ring (bicyclic) bond motifs is 1. The average molecular weight is 398 g/mol. The molecular formula is C21H26N4O4. The van der Waals surface area contributed by atoms with E-state index in [4.69, 9.17) is 0 Å². The molecule has 1 aromatic rings. The van der Waals surface area contributed by atoms with Crippen molar-refractivity contribution in [2.45, 2.75) is 44.7 Å². The maximum Gasteiger partial charge on any atom is 0.322 e. The number of nitrogens with one attached hydrogen (secondary N) is 2. The van der Waals surface area contributed by atoms with E-state index in [1.54, 1.807) is 4.90 Å². The van der Waals surface area contributed by atoms with Crippen LogP contribution in [0.25, 0.3) is 0 Å². The van der Waals surface area contributed by atoms with Crippen molar-refractivity contribution in [3.05, 3.63) is 35.4 Å². The van der Waals surface area contributed by atoms with Crippen molar-refractivity contribution in [3.63, 3.8) is 0 Å². The third-order valence-electron chi connectivity index (χ3n) is 6.14. The van der Waals surface area contributed by atoms with Crippen LogP contribution < -0.4 is 10.6 Å². The number of imide groups is 1. The zero-order valence-corrected chi connectivity index (χ0v) is 16.4. The van der Waals surface area contributed by atoms with Gasteiger partial charge in [-0.3, -0.25) is 19.7 Å². The number of benzene rings is 1. The molecule has 2 fully saturated rings. The molecule has 2 saturated heterocycles. The molecule has 3 aliphatic rings. The summed E-state index contributed by atoms with van der Waals surface area (Å²) in [5.74, 6) is -0.256. The Hall–Kier alpha value is -2.90. The molecule has 1 aromatic carbocycles. The second-order valence-electron chi connectivity index (χ2n) is 7.99. The summed E-state index contributed by atoms with van der Waals surface area (Å²) in [7, 11) is 0. The summed E-state index contributed by atoms with van der Waals surface area (Å²) in [5.41, 5.74) is 2.55. The number of carbonyl (C=O) groups excluding carboxylic acids is 4. The molecule has 0 unspecified atom stereocenters. The summed E-state index contributed by atoms with van der Waals surface area (Å²) in [6.07, 6.45) is 2.74. The van der Waals surface area contributed by atoms with Gasteiger partial charge in [-0.15, -0.1) is 0 Å². The quantitative estimate of drug-likeness (QED) is 0.733. The van der Waals surface area contributed by atoms with Crippen molar-refractivity contribution in [1.82, 2.24) is 20.4 Å². The number of nitrogens with zero attached hydrogens (tertiary/aromatic N) is 2. The predicted octanol–water partition coefficient (Wildman–Crippen LogP) is 0.798. The number of urea groups is 1. The topological polar surface area (TPSA) is 98.8 Å². The van der Waals surface area contributed by atoms with E-state index >= 15 is 0 Å². The molecule has 0 aromatic heterocycles. The molecule has 0 spiro atoms. The van der Waals surface area contributed by atoms with Gasteiger partial charge >= 0.3 is 6.03 Å². The van der Waals surface area contributed by atoms with Crippen LogP contribution in [-0.2, 0) is 27.3 Å². The first-order valence-electron chi connectivity index (χ1n) is 10.3. The van der Waals surface area contributed by atoms with Crippen LogP contribution in [0.4, 0.5) is 4.79 Å². The highest BCUT2D eigenvalue weighted by molar-refractivity contribution is 6.04. The van der Waals surface area contributed by atoms with Gasteiger partial charge in [-0.25, -0.2) is 4.79 Å². The normalized spacial score (nSPS) is 22.1. The lowest BCUT2D eigenvalue weighted by molar-refractivity contribution is -0.141. The maximum absolute atomic E-state index is 12.9. The molecule has 4 rings (SSSR count). The number of amides is 5. The molecule has 0 aliphatic carbocycles. The molecular weight excluding hydrogens is 372 g/mol. The summed E-state index contributed by atoms with van der Waals surface area (Å²) in [5, 5.41) is 4.68. The van der Waals surface area contributed by atoms with E-state index in [1.165, 1.54) is 11.1 Å². The molecule has 0 saturated carbocycles. The average Bonchev–Trinajstić information content (AvgIpc) is 3.08. The number of hydrogen-bond donors (Lipinski definition) is 2. The third-order valence-corrected chi connectivity index (χ3v) is 6.14. The molecule has 3 heterocycles. The predicted molar refractivity (Wildman–Crippen MR) is 105 cm³/mol. The highest BCUT2D eigenvalue weighted by atomic mass is 16.2. The Balaban J connectivity index is 1.24. The van der Waals surface area contributed by atoms with E-state index < -0.39 is 12.1 Å². The second-order valence-corrected chi connectivity index (χ2v) is 7.99. The van der Waals surface area contributed by atoms with Gasteiger partial charge in [-0.05, 0) is 36.8 Å². The minimum Gasteiger partial charge on any atom is -0.343 e. The van der Waals surface area contributed by atoms with E-state index in [2.05, 4.69) is 22.8 Å². The summed E-state index contributed by atoms with van der Waals surface area (Å²) in [6, 6.07) is 7.12. The molecule has 154 valence electrons. The SMILES string of the molecule is O=C1NC(=O)[C@H](CCC(=O)N2CCC(C(=O)N3CCc4ccccc4C3)CC2)N1. The van der Waals surface area contributed by atoms with Crippen LogP contribution in [0.1, 0.15) is 36.8 Å².